The van der Waals surface area contributed by atoms with E-state index in [0.717, 1.165) is 60.7 Å². The number of hydrogen-bond acceptors (Lipinski definition) is 4. The number of thioether (sulfide) groups is 1. The molecular weight excluding hydrogens is 410 g/mol. The average Bonchev–Trinajstić information content (AvgIpc) is 2.78. The van der Waals surface area contributed by atoms with Crippen molar-refractivity contribution in [1.82, 2.24) is 4.90 Å². The zero-order chi connectivity index (χ0) is 21.8. The number of carbonyl (C=O) groups excluding carboxylic acids is 1. The van der Waals surface area contributed by atoms with E-state index in [-0.39, 0.29) is 18.2 Å². The van der Waals surface area contributed by atoms with Crippen molar-refractivity contribution in [1.29, 1.82) is 5.41 Å². The molecule has 1 atom stereocenters. The maximum absolute atomic E-state index is 12.7. The zero-order valence-corrected chi connectivity index (χ0v) is 18.2. The fourth-order valence-corrected chi connectivity index (χ4v) is 5.19. The van der Waals surface area contributed by atoms with E-state index in [0.29, 0.717) is 11.4 Å². The number of hydrogen-bond donors (Lipinski definition) is 3. The Morgan fingerprint density at radius 1 is 1.06 bits per heavy atom. The molecule has 0 spiro atoms. The van der Waals surface area contributed by atoms with Gasteiger partial charge >= 0.3 is 5.97 Å². The normalized spacial score (nSPS) is 18.2. The molecule has 2 aromatic carbocycles. The third kappa shape index (κ3) is 5.28. The number of nitrogens with one attached hydrogen (secondary N) is 2. The van der Waals surface area contributed by atoms with E-state index < -0.39 is 5.97 Å². The highest BCUT2D eigenvalue weighted by Crippen LogP contribution is 2.29. The molecule has 6 nitrogen and oxygen atoms in total. The van der Waals surface area contributed by atoms with Gasteiger partial charge in [-0.25, -0.2) is 0 Å². The van der Waals surface area contributed by atoms with Crippen LogP contribution in [0.1, 0.15) is 39.9 Å². The lowest BCUT2D eigenvalue weighted by molar-refractivity contribution is -0.138. The molecule has 0 saturated carbocycles. The molecule has 0 bridgehead atoms. The van der Waals surface area contributed by atoms with E-state index in [9.17, 15) is 9.59 Å². The van der Waals surface area contributed by atoms with Crippen molar-refractivity contribution >= 4 is 35.2 Å². The first-order valence-corrected chi connectivity index (χ1v) is 11.8. The Bertz CT molecular complexity index is 984. The molecule has 2 aliphatic rings. The molecule has 162 valence electrons. The highest BCUT2D eigenvalue weighted by atomic mass is 32.2. The number of fused-ring (bicyclic) bond motifs is 1. The highest BCUT2D eigenvalue weighted by molar-refractivity contribution is 7.99. The van der Waals surface area contributed by atoms with Gasteiger partial charge in [-0.05, 0) is 60.6 Å². The van der Waals surface area contributed by atoms with Crippen molar-refractivity contribution in [3.63, 3.8) is 0 Å². The van der Waals surface area contributed by atoms with Crippen molar-refractivity contribution in [3.05, 3.63) is 64.7 Å². The SMILES string of the molecule is N=C(c1ccc(C(=O)Nc2ccc3c(c2)CC(CC(=O)O)CC3)cc1)N1CCSCC1. The number of rotatable bonds is 5. The minimum absolute atomic E-state index is 0.150. The van der Waals surface area contributed by atoms with Gasteiger partial charge in [0.2, 0.25) is 0 Å². The first kappa shape index (κ1) is 21.4. The lowest BCUT2D eigenvalue weighted by atomic mass is 9.82. The largest absolute Gasteiger partial charge is 0.481 e. The van der Waals surface area contributed by atoms with Crippen molar-refractivity contribution in [2.24, 2.45) is 5.92 Å². The molecule has 0 radical (unpaired) electrons. The Morgan fingerprint density at radius 3 is 2.48 bits per heavy atom. The summed E-state index contributed by atoms with van der Waals surface area (Å²) in [7, 11) is 0. The molecule has 1 fully saturated rings. The molecule has 1 heterocycles. The van der Waals surface area contributed by atoms with E-state index in [4.69, 9.17) is 10.5 Å². The van der Waals surface area contributed by atoms with Gasteiger partial charge in [0.05, 0.1) is 0 Å². The number of aryl methyl sites for hydroxylation is 1. The Hall–Kier alpha value is -2.80. The number of amides is 1. The van der Waals surface area contributed by atoms with E-state index in [1.165, 1.54) is 5.56 Å². The number of anilines is 1. The Kier molecular flexibility index (Phi) is 6.61. The van der Waals surface area contributed by atoms with Crippen LogP contribution in [0.3, 0.4) is 0 Å². The van der Waals surface area contributed by atoms with Gasteiger partial charge in [-0.1, -0.05) is 18.2 Å². The smallest absolute Gasteiger partial charge is 0.303 e. The van der Waals surface area contributed by atoms with E-state index >= 15 is 0 Å². The Balaban J connectivity index is 1.40. The minimum atomic E-state index is -0.756. The molecule has 1 aliphatic carbocycles. The maximum Gasteiger partial charge on any atom is 0.303 e. The Morgan fingerprint density at radius 2 is 1.77 bits per heavy atom. The molecule has 2 aromatic rings. The third-order valence-corrected chi connectivity index (χ3v) is 6.95. The van der Waals surface area contributed by atoms with Gasteiger partial charge in [-0.3, -0.25) is 15.0 Å². The average molecular weight is 438 g/mol. The van der Waals surface area contributed by atoms with Gasteiger partial charge in [0.25, 0.3) is 5.91 Å². The molecule has 1 saturated heterocycles. The standard InChI is InChI=1S/C24H27N3O3S/c25-23(27-9-11-31-12-10-27)18-3-5-19(6-4-18)24(30)26-21-8-7-17-2-1-16(14-22(28)29)13-20(17)15-21/h3-8,15-16,25H,1-2,9-14H2,(H,26,30)(H,28,29). The molecule has 0 aromatic heterocycles. The van der Waals surface area contributed by atoms with Crippen molar-refractivity contribution < 1.29 is 14.7 Å². The predicted molar refractivity (Wildman–Crippen MR) is 124 cm³/mol. The van der Waals surface area contributed by atoms with E-state index in [1.807, 2.05) is 42.1 Å². The van der Waals surface area contributed by atoms with Crippen LogP contribution in [0.15, 0.2) is 42.5 Å². The van der Waals surface area contributed by atoms with E-state index in [2.05, 4.69) is 10.2 Å². The monoisotopic (exact) mass is 437 g/mol. The van der Waals surface area contributed by atoms with Crippen LogP contribution in [0.5, 0.6) is 0 Å². The van der Waals surface area contributed by atoms with Crippen LogP contribution in [0, 0.1) is 11.3 Å². The summed E-state index contributed by atoms with van der Waals surface area (Å²) in [4.78, 5) is 25.8. The molecule has 7 heteroatoms. The fraction of sp³-hybridized carbons (Fsp3) is 0.375. The summed E-state index contributed by atoms with van der Waals surface area (Å²) in [6.07, 6.45) is 2.69. The highest BCUT2D eigenvalue weighted by Gasteiger charge is 2.21. The number of nitrogens with zero attached hydrogens (tertiary/aromatic N) is 1. The Labute approximate surface area is 186 Å². The van der Waals surface area contributed by atoms with Crippen molar-refractivity contribution in [2.45, 2.75) is 25.7 Å². The number of carbonyl (C=O) groups is 2. The van der Waals surface area contributed by atoms with Gasteiger partial charge in [0.1, 0.15) is 5.84 Å². The topological polar surface area (TPSA) is 93.5 Å². The van der Waals surface area contributed by atoms with Crippen LogP contribution >= 0.6 is 11.8 Å². The van der Waals surface area contributed by atoms with Crippen LogP contribution in [0.2, 0.25) is 0 Å². The van der Waals surface area contributed by atoms with Gasteiger partial charge in [-0.2, -0.15) is 11.8 Å². The maximum atomic E-state index is 12.7. The summed E-state index contributed by atoms with van der Waals surface area (Å²) < 4.78 is 0. The second-order valence-electron chi connectivity index (χ2n) is 8.17. The number of amidine groups is 1. The zero-order valence-electron chi connectivity index (χ0n) is 17.4. The third-order valence-electron chi connectivity index (χ3n) is 6.01. The molecular formula is C24H27N3O3S. The second kappa shape index (κ2) is 9.56. The number of carboxylic acids is 1. The van der Waals surface area contributed by atoms with Gasteiger partial charge in [-0.15, -0.1) is 0 Å². The van der Waals surface area contributed by atoms with Gasteiger partial charge in [0.15, 0.2) is 0 Å². The van der Waals surface area contributed by atoms with Gasteiger partial charge < -0.3 is 15.3 Å². The number of benzene rings is 2. The summed E-state index contributed by atoms with van der Waals surface area (Å²) >= 11 is 1.91. The van der Waals surface area contributed by atoms with Crippen molar-refractivity contribution in [3.8, 4) is 0 Å². The van der Waals surface area contributed by atoms with Crippen LogP contribution in [0.4, 0.5) is 5.69 Å². The van der Waals surface area contributed by atoms with E-state index in [1.54, 1.807) is 12.1 Å². The summed E-state index contributed by atoms with van der Waals surface area (Å²) in [6, 6.07) is 13.1. The summed E-state index contributed by atoms with van der Waals surface area (Å²) in [5.74, 6) is 1.80. The number of carboxylic acid groups (broad SMARTS) is 1. The van der Waals surface area contributed by atoms with Crippen LogP contribution in [-0.4, -0.2) is 52.3 Å². The van der Waals surface area contributed by atoms with Crippen LogP contribution < -0.4 is 5.32 Å². The first-order valence-electron chi connectivity index (χ1n) is 10.7. The predicted octanol–water partition coefficient (Wildman–Crippen LogP) is 3.89. The molecule has 1 aliphatic heterocycles. The van der Waals surface area contributed by atoms with Gasteiger partial charge in [0, 0.05) is 47.8 Å². The van der Waals surface area contributed by atoms with Crippen LogP contribution in [0.25, 0.3) is 0 Å². The lowest BCUT2D eigenvalue weighted by Gasteiger charge is -2.28. The van der Waals surface area contributed by atoms with Crippen molar-refractivity contribution in [2.75, 3.05) is 29.9 Å². The molecule has 31 heavy (non-hydrogen) atoms. The molecule has 1 unspecified atom stereocenters. The minimum Gasteiger partial charge on any atom is -0.481 e. The molecule has 4 rings (SSSR count). The summed E-state index contributed by atoms with van der Waals surface area (Å²) in [5, 5.41) is 20.4. The molecule has 1 amide bonds. The summed E-state index contributed by atoms with van der Waals surface area (Å²) in [5.41, 5.74) is 4.45. The quantitative estimate of drug-likeness (QED) is 0.487. The van der Waals surface area contributed by atoms with Crippen LogP contribution in [-0.2, 0) is 17.6 Å². The first-order chi connectivity index (χ1) is 15.0. The number of aliphatic carboxylic acids is 1. The lowest BCUT2D eigenvalue weighted by Crippen LogP contribution is -2.37. The molecule has 3 N–H and O–H groups in total. The fourth-order valence-electron chi connectivity index (χ4n) is 4.28. The second-order valence-corrected chi connectivity index (χ2v) is 9.39. The summed E-state index contributed by atoms with van der Waals surface area (Å²) in [6.45, 7) is 1.77.